The minimum atomic E-state index is -1.19. The van der Waals surface area contributed by atoms with Crippen LogP contribution in [0.15, 0.2) is 0 Å². The largest absolute Gasteiger partial charge is 0.465 e. The lowest BCUT2D eigenvalue weighted by molar-refractivity contribution is -0.170. The third-order valence-electron chi connectivity index (χ3n) is 14.4. The first-order valence-electron chi connectivity index (χ1n) is 30.9. The van der Waals surface area contributed by atoms with E-state index in [-0.39, 0.29) is 50.8 Å². The molecule has 0 saturated carbocycles. The van der Waals surface area contributed by atoms with Gasteiger partial charge >= 0.3 is 23.9 Å². The zero-order valence-electron chi connectivity index (χ0n) is 47.2. The van der Waals surface area contributed by atoms with Crippen molar-refractivity contribution in [2.75, 3.05) is 26.4 Å². The van der Waals surface area contributed by atoms with E-state index in [1.807, 2.05) is 0 Å². The van der Waals surface area contributed by atoms with Crippen LogP contribution in [0.5, 0.6) is 0 Å². The van der Waals surface area contributed by atoms with Gasteiger partial charge in [0.05, 0.1) is 0 Å². The fourth-order valence-electron chi connectivity index (χ4n) is 9.42. The van der Waals surface area contributed by atoms with Crippen LogP contribution < -0.4 is 0 Å². The average molecular weight is 992 g/mol. The normalized spacial score (nSPS) is 11.5. The van der Waals surface area contributed by atoms with E-state index in [2.05, 4.69) is 20.8 Å². The van der Waals surface area contributed by atoms with Crippen LogP contribution in [0.3, 0.4) is 0 Å². The van der Waals surface area contributed by atoms with Crippen LogP contribution in [0.2, 0.25) is 0 Å². The molecule has 0 aliphatic rings. The van der Waals surface area contributed by atoms with E-state index < -0.39 is 11.4 Å². The Kier molecular flexibility index (Phi) is 53.0. The maximum absolute atomic E-state index is 13.1. The van der Waals surface area contributed by atoms with Crippen molar-refractivity contribution < 1.29 is 38.1 Å². The van der Waals surface area contributed by atoms with Gasteiger partial charge in [-0.15, -0.1) is 0 Å². The van der Waals surface area contributed by atoms with Gasteiger partial charge in [0.1, 0.15) is 31.8 Å². The third kappa shape index (κ3) is 49.5. The molecule has 0 saturated heterocycles. The van der Waals surface area contributed by atoms with Gasteiger partial charge in [0.25, 0.3) is 0 Å². The van der Waals surface area contributed by atoms with Gasteiger partial charge in [-0.1, -0.05) is 297 Å². The van der Waals surface area contributed by atoms with Crippen LogP contribution in [0.4, 0.5) is 0 Å². The molecule has 0 aromatic rings. The lowest BCUT2D eigenvalue weighted by Crippen LogP contribution is -2.44. The van der Waals surface area contributed by atoms with Gasteiger partial charge in [-0.05, 0) is 19.3 Å². The van der Waals surface area contributed by atoms with Crippen molar-refractivity contribution in [1.29, 1.82) is 0 Å². The van der Waals surface area contributed by atoms with Crippen LogP contribution in [-0.4, -0.2) is 50.3 Å². The Bertz CT molecular complexity index is 1020. The van der Waals surface area contributed by atoms with Gasteiger partial charge in [0.15, 0.2) is 0 Å². The highest BCUT2D eigenvalue weighted by Gasteiger charge is 2.38. The summed E-state index contributed by atoms with van der Waals surface area (Å²) in [5, 5.41) is 0. The Balaban J connectivity index is 4.91. The molecule has 414 valence electrons. The van der Waals surface area contributed by atoms with Crippen LogP contribution in [0.25, 0.3) is 0 Å². The van der Waals surface area contributed by atoms with E-state index in [4.69, 9.17) is 18.9 Å². The number of rotatable bonds is 57. The molecule has 0 radical (unpaired) electrons. The zero-order chi connectivity index (χ0) is 51.1. The first-order chi connectivity index (χ1) is 34.3. The molecule has 0 aromatic carbocycles. The molecule has 0 aliphatic heterocycles. The summed E-state index contributed by atoms with van der Waals surface area (Å²) in [5.74, 6) is -1.43. The summed E-state index contributed by atoms with van der Waals surface area (Å²) < 4.78 is 23.1. The highest BCUT2D eigenvalue weighted by Crippen LogP contribution is 2.24. The van der Waals surface area contributed by atoms with E-state index in [9.17, 15) is 19.2 Å². The molecule has 0 rings (SSSR count). The first-order valence-corrected chi connectivity index (χ1v) is 30.9. The predicted molar refractivity (Wildman–Crippen MR) is 295 cm³/mol. The average Bonchev–Trinajstić information content (AvgIpc) is 3.36. The Labute approximate surface area is 434 Å². The second-order valence-corrected chi connectivity index (χ2v) is 21.6. The third-order valence-corrected chi connectivity index (χ3v) is 14.4. The summed E-state index contributed by atoms with van der Waals surface area (Å²) in [6.45, 7) is 7.85. The number of esters is 4. The molecule has 0 heterocycles. The Morgan fingerprint density at radius 1 is 0.229 bits per heavy atom. The number of hydrogen-bond acceptors (Lipinski definition) is 8. The molecular formula is C62H118O8. The molecule has 0 N–H and O–H groups in total. The first kappa shape index (κ1) is 67.9. The molecule has 0 fully saturated rings. The van der Waals surface area contributed by atoms with Crippen molar-refractivity contribution in [3.05, 3.63) is 0 Å². The number of carbonyl (C=O) groups is 4. The van der Waals surface area contributed by atoms with E-state index in [0.29, 0.717) is 19.3 Å². The van der Waals surface area contributed by atoms with Crippen molar-refractivity contribution in [1.82, 2.24) is 0 Å². The van der Waals surface area contributed by atoms with Gasteiger partial charge in [-0.3, -0.25) is 19.2 Å². The SMILES string of the molecule is CCCCCCCCCCCCCCCCCC(=O)OCC(COC(=O)CC)(COC(=O)CCCCCCCCCCCCCCCCC)COC(=O)CCCCCCCCCCCCCCCCC. The van der Waals surface area contributed by atoms with Crippen molar-refractivity contribution in [3.63, 3.8) is 0 Å². The fraction of sp³-hybridized carbons (Fsp3) is 0.935. The minimum Gasteiger partial charge on any atom is -0.465 e. The highest BCUT2D eigenvalue weighted by molar-refractivity contribution is 5.71. The van der Waals surface area contributed by atoms with Crippen LogP contribution in [0.1, 0.15) is 342 Å². The molecule has 0 amide bonds. The van der Waals surface area contributed by atoms with Crippen LogP contribution in [-0.2, 0) is 38.1 Å². The van der Waals surface area contributed by atoms with Gasteiger partial charge in [0, 0.05) is 25.7 Å². The molecule has 0 aliphatic carbocycles. The van der Waals surface area contributed by atoms with Gasteiger partial charge in [-0.2, -0.15) is 0 Å². The second kappa shape index (κ2) is 54.6. The fourth-order valence-corrected chi connectivity index (χ4v) is 9.42. The molecule has 0 unspecified atom stereocenters. The van der Waals surface area contributed by atoms with Crippen LogP contribution in [0, 0.1) is 5.41 Å². The highest BCUT2D eigenvalue weighted by atomic mass is 16.6. The van der Waals surface area contributed by atoms with Gasteiger partial charge in [-0.25, -0.2) is 0 Å². The van der Waals surface area contributed by atoms with E-state index in [0.717, 1.165) is 57.8 Å². The summed E-state index contributed by atoms with van der Waals surface area (Å²) in [4.78, 5) is 51.7. The van der Waals surface area contributed by atoms with Crippen molar-refractivity contribution in [3.8, 4) is 0 Å². The smallest absolute Gasteiger partial charge is 0.305 e. The van der Waals surface area contributed by atoms with Crippen LogP contribution >= 0.6 is 0 Å². The summed E-state index contributed by atoms with van der Waals surface area (Å²) in [6.07, 6.45) is 57.4. The molecule has 0 aromatic heterocycles. The topological polar surface area (TPSA) is 105 Å². The summed E-state index contributed by atoms with van der Waals surface area (Å²) in [7, 11) is 0. The monoisotopic (exact) mass is 991 g/mol. The van der Waals surface area contributed by atoms with E-state index in [1.54, 1.807) is 6.92 Å². The lowest BCUT2D eigenvalue weighted by Gasteiger charge is -2.31. The van der Waals surface area contributed by atoms with Gasteiger partial charge < -0.3 is 18.9 Å². The molecule has 0 atom stereocenters. The van der Waals surface area contributed by atoms with Crippen molar-refractivity contribution in [2.45, 2.75) is 342 Å². The molecule has 0 bridgehead atoms. The Morgan fingerprint density at radius 3 is 0.557 bits per heavy atom. The van der Waals surface area contributed by atoms with E-state index in [1.165, 1.54) is 231 Å². The Morgan fingerprint density at radius 2 is 0.386 bits per heavy atom. The van der Waals surface area contributed by atoms with Crippen molar-refractivity contribution in [2.24, 2.45) is 5.41 Å². The standard InChI is InChI=1S/C62H118O8/c1-5-9-12-15-18-21-24-27-30-33-36-39-42-45-48-51-59(64)68-55-62(54-67-58(63)8-4,56-69-60(65)52-49-46-43-40-37-34-31-28-25-22-19-16-13-10-6-2)57-70-61(66)53-50-47-44-41-38-35-32-29-26-23-20-17-14-11-7-3/h5-57H2,1-4H3. The number of ether oxygens (including phenoxy) is 4. The Hall–Kier alpha value is -2.12. The zero-order valence-corrected chi connectivity index (χ0v) is 47.2. The maximum atomic E-state index is 13.1. The minimum absolute atomic E-state index is 0.167. The number of carbonyl (C=O) groups excluding carboxylic acids is 4. The predicted octanol–water partition coefficient (Wildman–Crippen LogP) is 19.3. The maximum Gasteiger partial charge on any atom is 0.305 e. The second-order valence-electron chi connectivity index (χ2n) is 21.6. The molecule has 8 heteroatoms. The van der Waals surface area contributed by atoms with Crippen molar-refractivity contribution >= 4 is 23.9 Å². The molecule has 0 spiro atoms. The molecule has 8 nitrogen and oxygen atoms in total. The quantitative estimate of drug-likeness (QED) is 0.0337. The summed E-state index contributed by atoms with van der Waals surface area (Å²) in [5.41, 5.74) is -1.19. The van der Waals surface area contributed by atoms with Gasteiger partial charge in [0.2, 0.25) is 0 Å². The summed E-state index contributed by atoms with van der Waals surface area (Å²) >= 11 is 0. The number of hydrogen-bond donors (Lipinski definition) is 0. The van der Waals surface area contributed by atoms with E-state index >= 15 is 0 Å². The molecule has 70 heavy (non-hydrogen) atoms. The lowest BCUT2D eigenvalue weighted by atomic mass is 9.92. The summed E-state index contributed by atoms with van der Waals surface area (Å²) in [6, 6.07) is 0. The number of unbranched alkanes of at least 4 members (excludes halogenated alkanes) is 42. The molecular weight excluding hydrogens is 873 g/mol.